The van der Waals surface area contributed by atoms with Crippen molar-refractivity contribution in [3.8, 4) is 5.69 Å². The molecule has 0 saturated carbocycles. The minimum atomic E-state index is 0. The highest BCUT2D eigenvalue weighted by Gasteiger charge is 2.10. The number of hydrogen-bond donors (Lipinski definition) is 1. The first kappa shape index (κ1) is 19.2. The summed E-state index contributed by atoms with van der Waals surface area (Å²) in [6.07, 6.45) is 2.89. The molecule has 3 rings (SSSR count). The van der Waals surface area contributed by atoms with E-state index in [0.717, 1.165) is 31.7 Å². The largest absolute Gasteiger partial charge is 0.329 e. The number of rotatable bonds is 8. The molecule has 0 fully saturated rings. The Labute approximate surface area is 155 Å². The van der Waals surface area contributed by atoms with Crippen LogP contribution in [0.25, 0.3) is 5.69 Å². The van der Waals surface area contributed by atoms with Gasteiger partial charge in [0, 0.05) is 32.4 Å². The summed E-state index contributed by atoms with van der Waals surface area (Å²) in [7, 11) is 0. The van der Waals surface area contributed by atoms with Gasteiger partial charge in [0.1, 0.15) is 0 Å². The molecule has 0 aliphatic carbocycles. The molecule has 2 N–H and O–H groups in total. The Hall–Kier alpha value is -2.14. The van der Waals surface area contributed by atoms with E-state index < -0.39 is 0 Å². The van der Waals surface area contributed by atoms with Gasteiger partial charge in [-0.05, 0) is 30.2 Å². The SMILES string of the molecule is Cl.NCCN(CCc1ccccc1)Cc1ccnn1-c1ccccc1. The maximum atomic E-state index is 5.81. The molecule has 0 radical (unpaired) electrons. The van der Waals surface area contributed by atoms with Crippen LogP contribution in [0.2, 0.25) is 0 Å². The topological polar surface area (TPSA) is 47.1 Å². The van der Waals surface area contributed by atoms with E-state index in [0.29, 0.717) is 6.54 Å². The summed E-state index contributed by atoms with van der Waals surface area (Å²) in [6, 6.07) is 22.9. The Kier molecular flexibility index (Phi) is 7.67. The van der Waals surface area contributed by atoms with E-state index in [9.17, 15) is 0 Å². The molecule has 0 amide bonds. The number of aromatic nitrogens is 2. The molecule has 1 aromatic heterocycles. The van der Waals surface area contributed by atoms with Gasteiger partial charge >= 0.3 is 0 Å². The normalized spacial score (nSPS) is 10.6. The van der Waals surface area contributed by atoms with Crippen molar-refractivity contribution in [2.75, 3.05) is 19.6 Å². The van der Waals surface area contributed by atoms with Crippen molar-refractivity contribution < 1.29 is 0 Å². The van der Waals surface area contributed by atoms with Crippen LogP contribution in [-0.4, -0.2) is 34.3 Å². The zero-order valence-corrected chi connectivity index (χ0v) is 15.1. The second kappa shape index (κ2) is 9.99. The number of benzene rings is 2. The lowest BCUT2D eigenvalue weighted by atomic mass is 10.1. The third-order valence-corrected chi connectivity index (χ3v) is 4.11. The summed E-state index contributed by atoms with van der Waals surface area (Å²) in [4.78, 5) is 2.39. The van der Waals surface area contributed by atoms with Gasteiger partial charge in [-0.3, -0.25) is 4.90 Å². The fraction of sp³-hybridized carbons (Fsp3) is 0.250. The molecule has 4 nitrogen and oxygen atoms in total. The zero-order chi connectivity index (χ0) is 16.6. The van der Waals surface area contributed by atoms with Crippen LogP contribution < -0.4 is 5.73 Å². The van der Waals surface area contributed by atoms with Crippen molar-refractivity contribution in [1.82, 2.24) is 14.7 Å². The fourth-order valence-electron chi connectivity index (χ4n) is 2.87. The first-order valence-corrected chi connectivity index (χ1v) is 8.41. The van der Waals surface area contributed by atoms with Crippen LogP contribution >= 0.6 is 12.4 Å². The highest BCUT2D eigenvalue weighted by atomic mass is 35.5. The lowest BCUT2D eigenvalue weighted by Gasteiger charge is -2.22. The zero-order valence-electron chi connectivity index (χ0n) is 14.3. The Morgan fingerprint density at radius 1 is 0.880 bits per heavy atom. The average molecular weight is 357 g/mol. The number of nitrogens with two attached hydrogens (primary N) is 1. The quantitative estimate of drug-likeness (QED) is 0.673. The molecular formula is C20H25ClN4. The van der Waals surface area contributed by atoms with Crippen LogP contribution in [0.1, 0.15) is 11.3 Å². The van der Waals surface area contributed by atoms with Crippen LogP contribution in [0, 0.1) is 0 Å². The van der Waals surface area contributed by atoms with E-state index in [1.165, 1.54) is 11.3 Å². The van der Waals surface area contributed by atoms with Crippen molar-refractivity contribution in [2.24, 2.45) is 5.73 Å². The maximum Gasteiger partial charge on any atom is 0.0649 e. The number of para-hydroxylation sites is 1. The first-order chi connectivity index (χ1) is 11.9. The van der Waals surface area contributed by atoms with Crippen molar-refractivity contribution in [3.05, 3.63) is 84.2 Å². The smallest absolute Gasteiger partial charge is 0.0649 e. The number of hydrogen-bond acceptors (Lipinski definition) is 3. The van der Waals surface area contributed by atoms with Gasteiger partial charge in [0.2, 0.25) is 0 Å². The molecule has 3 aromatic rings. The molecular weight excluding hydrogens is 332 g/mol. The molecule has 0 spiro atoms. The number of halogens is 1. The second-order valence-corrected chi connectivity index (χ2v) is 5.87. The van der Waals surface area contributed by atoms with Gasteiger partial charge in [0.25, 0.3) is 0 Å². The minimum absolute atomic E-state index is 0. The highest BCUT2D eigenvalue weighted by molar-refractivity contribution is 5.85. The summed E-state index contributed by atoms with van der Waals surface area (Å²) < 4.78 is 2.01. The molecule has 0 bridgehead atoms. The van der Waals surface area contributed by atoms with E-state index >= 15 is 0 Å². The molecule has 1 heterocycles. The molecule has 132 valence electrons. The molecule has 0 aliphatic heterocycles. The monoisotopic (exact) mass is 356 g/mol. The maximum absolute atomic E-state index is 5.81. The standard InChI is InChI=1S/C20H24N4.ClH/c21-13-16-23(15-12-18-7-3-1-4-8-18)17-20-11-14-22-24(20)19-9-5-2-6-10-19;/h1-11,14H,12-13,15-17,21H2;1H. The lowest BCUT2D eigenvalue weighted by Crippen LogP contribution is -2.31. The third kappa shape index (κ3) is 5.43. The molecule has 25 heavy (non-hydrogen) atoms. The number of nitrogens with zero attached hydrogens (tertiary/aromatic N) is 3. The molecule has 5 heteroatoms. The van der Waals surface area contributed by atoms with E-state index in [4.69, 9.17) is 5.73 Å². The van der Waals surface area contributed by atoms with Crippen LogP contribution in [0.5, 0.6) is 0 Å². The van der Waals surface area contributed by atoms with E-state index in [2.05, 4.69) is 58.5 Å². The summed E-state index contributed by atoms with van der Waals surface area (Å²) >= 11 is 0. The fourth-order valence-corrected chi connectivity index (χ4v) is 2.87. The van der Waals surface area contributed by atoms with E-state index in [1.54, 1.807) is 0 Å². The lowest BCUT2D eigenvalue weighted by molar-refractivity contribution is 0.271. The average Bonchev–Trinajstić information content (AvgIpc) is 3.10. The predicted molar refractivity (Wildman–Crippen MR) is 105 cm³/mol. The minimum Gasteiger partial charge on any atom is -0.329 e. The Bertz CT molecular complexity index is 728. The molecule has 2 aromatic carbocycles. The highest BCUT2D eigenvalue weighted by Crippen LogP contribution is 2.12. The molecule has 0 aliphatic rings. The van der Waals surface area contributed by atoms with E-state index in [-0.39, 0.29) is 12.4 Å². The van der Waals surface area contributed by atoms with Gasteiger partial charge < -0.3 is 5.73 Å². The molecule has 0 saturated heterocycles. The Morgan fingerprint density at radius 3 is 2.24 bits per heavy atom. The van der Waals surface area contributed by atoms with Gasteiger partial charge in [-0.15, -0.1) is 12.4 Å². The van der Waals surface area contributed by atoms with Gasteiger partial charge in [-0.1, -0.05) is 48.5 Å². The van der Waals surface area contributed by atoms with E-state index in [1.807, 2.05) is 29.1 Å². The first-order valence-electron chi connectivity index (χ1n) is 8.41. The van der Waals surface area contributed by atoms with Crippen molar-refractivity contribution >= 4 is 12.4 Å². The third-order valence-electron chi connectivity index (χ3n) is 4.11. The van der Waals surface area contributed by atoms with Gasteiger partial charge in [-0.2, -0.15) is 5.10 Å². The summed E-state index contributed by atoms with van der Waals surface area (Å²) in [6.45, 7) is 3.38. The molecule has 0 unspecified atom stereocenters. The van der Waals surface area contributed by atoms with Crippen LogP contribution in [-0.2, 0) is 13.0 Å². The summed E-state index contributed by atoms with van der Waals surface area (Å²) in [5.41, 5.74) is 9.44. The van der Waals surface area contributed by atoms with Crippen LogP contribution in [0.3, 0.4) is 0 Å². The van der Waals surface area contributed by atoms with Crippen molar-refractivity contribution in [2.45, 2.75) is 13.0 Å². The Morgan fingerprint density at radius 2 is 1.56 bits per heavy atom. The van der Waals surface area contributed by atoms with Gasteiger partial charge in [-0.25, -0.2) is 4.68 Å². The van der Waals surface area contributed by atoms with Gasteiger partial charge in [0.05, 0.1) is 11.4 Å². The summed E-state index contributed by atoms with van der Waals surface area (Å²) in [5, 5.41) is 4.48. The van der Waals surface area contributed by atoms with Crippen molar-refractivity contribution in [3.63, 3.8) is 0 Å². The summed E-state index contributed by atoms with van der Waals surface area (Å²) in [5.74, 6) is 0. The Balaban J connectivity index is 0.00000225. The predicted octanol–water partition coefficient (Wildman–Crippen LogP) is 3.30. The van der Waals surface area contributed by atoms with Crippen LogP contribution in [0.15, 0.2) is 72.9 Å². The van der Waals surface area contributed by atoms with Crippen molar-refractivity contribution in [1.29, 1.82) is 0 Å². The second-order valence-electron chi connectivity index (χ2n) is 5.87. The molecule has 0 atom stereocenters. The van der Waals surface area contributed by atoms with Crippen LogP contribution in [0.4, 0.5) is 0 Å². The van der Waals surface area contributed by atoms with Gasteiger partial charge in [0.15, 0.2) is 0 Å².